The Balaban J connectivity index is 1.45. The van der Waals surface area contributed by atoms with Gasteiger partial charge in [-0.2, -0.15) is 10.2 Å². The summed E-state index contributed by atoms with van der Waals surface area (Å²) in [6, 6.07) is 25.4. The Bertz CT molecular complexity index is 1850. The number of hydrogen-bond acceptors (Lipinski definition) is 7. The molecule has 0 bridgehead atoms. The quantitative estimate of drug-likeness (QED) is 0.264. The summed E-state index contributed by atoms with van der Waals surface area (Å²) in [5.41, 5.74) is 4.33. The van der Waals surface area contributed by atoms with Crippen LogP contribution in [0.3, 0.4) is 0 Å². The van der Waals surface area contributed by atoms with Crippen LogP contribution in [-0.2, 0) is 16.1 Å². The molecule has 0 unspecified atom stereocenters. The van der Waals surface area contributed by atoms with E-state index in [0.29, 0.717) is 16.8 Å². The lowest BCUT2D eigenvalue weighted by Crippen LogP contribution is -2.32. The molecule has 3 heterocycles. The van der Waals surface area contributed by atoms with Crippen LogP contribution in [-0.4, -0.2) is 49.4 Å². The highest BCUT2D eigenvalue weighted by atomic mass is 16.5. The highest BCUT2D eigenvalue weighted by molar-refractivity contribution is 6.08. The van der Waals surface area contributed by atoms with Crippen LogP contribution in [0.25, 0.3) is 33.2 Å². The topological polar surface area (TPSA) is 113 Å². The number of esters is 1. The summed E-state index contributed by atoms with van der Waals surface area (Å²) in [5.74, 6) is -0.745. The zero-order chi connectivity index (χ0) is 28.2. The molecule has 10 nitrogen and oxygen atoms in total. The summed E-state index contributed by atoms with van der Waals surface area (Å²) in [6.07, 6.45) is 5.15. The van der Waals surface area contributed by atoms with Crippen molar-refractivity contribution in [3.63, 3.8) is 0 Å². The molecule has 0 atom stereocenters. The van der Waals surface area contributed by atoms with Crippen LogP contribution >= 0.6 is 0 Å². The number of hydrogen-bond donors (Lipinski definition) is 1. The number of nitrogens with zero attached hydrogens (tertiary/aromatic N) is 5. The van der Waals surface area contributed by atoms with Gasteiger partial charge in [0.1, 0.15) is 19.5 Å². The minimum Gasteiger partial charge on any atom is -0.486 e. The second-order valence-electron chi connectivity index (χ2n) is 9.20. The van der Waals surface area contributed by atoms with Crippen LogP contribution in [0, 0.1) is 0 Å². The number of aromatic nitrogens is 5. The Morgan fingerprint density at radius 2 is 1.68 bits per heavy atom. The summed E-state index contributed by atoms with van der Waals surface area (Å²) in [4.78, 5) is 29.9. The van der Waals surface area contributed by atoms with Gasteiger partial charge in [-0.3, -0.25) is 9.59 Å². The average molecular weight is 547 g/mol. The van der Waals surface area contributed by atoms with E-state index in [-0.39, 0.29) is 25.5 Å². The first kappa shape index (κ1) is 25.8. The third-order valence-corrected chi connectivity index (χ3v) is 6.56. The van der Waals surface area contributed by atoms with Gasteiger partial charge in [-0.05, 0) is 42.3 Å². The van der Waals surface area contributed by atoms with E-state index < -0.39 is 11.9 Å². The predicted molar refractivity (Wildman–Crippen MR) is 153 cm³/mol. The summed E-state index contributed by atoms with van der Waals surface area (Å²) >= 11 is 0. The zero-order valence-corrected chi connectivity index (χ0v) is 22.2. The molecule has 0 fully saturated rings. The summed E-state index contributed by atoms with van der Waals surface area (Å²) in [7, 11) is 0. The van der Waals surface area contributed by atoms with Crippen molar-refractivity contribution in [2.24, 2.45) is 0 Å². The number of ether oxygens (including phenoxy) is 2. The molecular weight excluding hydrogens is 520 g/mol. The number of amides is 1. The first-order chi connectivity index (χ1) is 20.1. The van der Waals surface area contributed by atoms with E-state index in [4.69, 9.17) is 9.47 Å². The predicted octanol–water partition coefficient (Wildman–Crippen LogP) is 4.61. The van der Waals surface area contributed by atoms with Gasteiger partial charge in [-0.15, -0.1) is 0 Å². The maximum atomic E-state index is 13.5. The van der Waals surface area contributed by atoms with E-state index in [1.807, 2.05) is 89.7 Å². The monoisotopic (exact) mass is 546 g/mol. The number of nitrogens with one attached hydrogen (secondary N) is 1. The average Bonchev–Trinajstić information content (AvgIpc) is 3.70. The second kappa shape index (κ2) is 11.3. The molecule has 6 aromatic rings. The zero-order valence-electron chi connectivity index (χ0n) is 22.2. The van der Waals surface area contributed by atoms with Crippen LogP contribution in [0.1, 0.15) is 23.0 Å². The molecule has 204 valence electrons. The smallest absolute Gasteiger partial charge is 0.325 e. The van der Waals surface area contributed by atoms with Crippen LogP contribution < -0.4 is 10.1 Å². The fourth-order valence-electron chi connectivity index (χ4n) is 4.64. The molecule has 6 rings (SSSR count). The van der Waals surface area contributed by atoms with Gasteiger partial charge < -0.3 is 14.8 Å². The molecule has 1 amide bonds. The molecule has 0 saturated heterocycles. The Labute approximate surface area is 235 Å². The van der Waals surface area contributed by atoms with Crippen LogP contribution in [0.5, 0.6) is 5.75 Å². The van der Waals surface area contributed by atoms with Gasteiger partial charge in [0.05, 0.1) is 18.5 Å². The standard InChI is InChI=1S/C31H26N6O4/c1-2-40-27(38)17-32-31(39)28-29(41-19-21-9-5-3-6-10-21)25-14-13-22(15-26(25)30-33-20-35-37(28)30)23-16-34-36(18-23)24-11-7-4-8-12-24/h3-16,18,20H,2,17,19H2,1H3,(H,32,39). The third kappa shape index (κ3) is 5.22. The Morgan fingerprint density at radius 1 is 0.902 bits per heavy atom. The first-order valence-electron chi connectivity index (χ1n) is 13.1. The van der Waals surface area contributed by atoms with Gasteiger partial charge >= 0.3 is 5.97 Å². The number of benzene rings is 3. The van der Waals surface area contributed by atoms with E-state index in [9.17, 15) is 9.59 Å². The van der Waals surface area contributed by atoms with Crippen molar-refractivity contribution in [2.45, 2.75) is 13.5 Å². The summed E-state index contributed by atoms with van der Waals surface area (Å²) in [5, 5.41) is 12.9. The van der Waals surface area contributed by atoms with Crippen molar-refractivity contribution in [1.82, 2.24) is 29.7 Å². The van der Waals surface area contributed by atoms with Crippen molar-refractivity contribution >= 4 is 28.3 Å². The van der Waals surface area contributed by atoms with E-state index in [1.54, 1.807) is 13.1 Å². The highest BCUT2D eigenvalue weighted by Gasteiger charge is 2.24. The van der Waals surface area contributed by atoms with Crippen molar-refractivity contribution in [2.75, 3.05) is 13.2 Å². The molecule has 3 aromatic carbocycles. The minimum atomic E-state index is -0.538. The van der Waals surface area contributed by atoms with Gasteiger partial charge in [0, 0.05) is 22.5 Å². The Morgan fingerprint density at radius 3 is 2.46 bits per heavy atom. The number of carbonyl (C=O) groups is 2. The molecule has 3 aromatic heterocycles. The van der Waals surface area contributed by atoms with Crippen molar-refractivity contribution in [3.8, 4) is 22.6 Å². The maximum absolute atomic E-state index is 13.5. The number of rotatable bonds is 9. The van der Waals surface area contributed by atoms with E-state index >= 15 is 0 Å². The first-order valence-corrected chi connectivity index (χ1v) is 13.1. The lowest BCUT2D eigenvalue weighted by atomic mass is 10.0. The maximum Gasteiger partial charge on any atom is 0.325 e. The molecule has 1 N–H and O–H groups in total. The van der Waals surface area contributed by atoms with Crippen molar-refractivity contribution < 1.29 is 19.1 Å². The van der Waals surface area contributed by atoms with Gasteiger partial charge in [0.25, 0.3) is 5.91 Å². The number of carbonyl (C=O) groups excluding carboxylic acids is 2. The van der Waals surface area contributed by atoms with Gasteiger partial charge in [-0.1, -0.05) is 54.6 Å². The molecule has 0 spiro atoms. The lowest BCUT2D eigenvalue weighted by Gasteiger charge is -2.16. The summed E-state index contributed by atoms with van der Waals surface area (Å²) < 4.78 is 14.5. The van der Waals surface area contributed by atoms with Gasteiger partial charge in [-0.25, -0.2) is 14.2 Å². The van der Waals surface area contributed by atoms with Gasteiger partial charge in [0.2, 0.25) is 0 Å². The molecule has 10 heteroatoms. The molecule has 0 aliphatic carbocycles. The normalized spacial score (nSPS) is 11.0. The number of fused-ring (bicyclic) bond motifs is 3. The molecule has 41 heavy (non-hydrogen) atoms. The third-order valence-electron chi connectivity index (χ3n) is 6.56. The van der Waals surface area contributed by atoms with Crippen LogP contribution in [0.2, 0.25) is 0 Å². The highest BCUT2D eigenvalue weighted by Crippen LogP contribution is 2.36. The van der Waals surface area contributed by atoms with Crippen LogP contribution in [0.15, 0.2) is 97.6 Å². The molecule has 0 aliphatic rings. The molecule has 0 radical (unpaired) electrons. The van der Waals surface area contributed by atoms with E-state index in [2.05, 4.69) is 20.5 Å². The fourth-order valence-corrected chi connectivity index (χ4v) is 4.64. The second-order valence-corrected chi connectivity index (χ2v) is 9.20. The Kier molecular flexibility index (Phi) is 7.10. The minimum absolute atomic E-state index is 0.134. The number of para-hydroxylation sites is 1. The fraction of sp³-hybridized carbons (Fsp3) is 0.129. The SMILES string of the molecule is CCOC(=O)CNC(=O)c1c(OCc2ccccc2)c2ccc(-c3cnn(-c4ccccc4)c3)cc2c2ncnn12. The Hall–Kier alpha value is -5.51. The lowest BCUT2D eigenvalue weighted by molar-refractivity contribution is -0.141. The van der Waals surface area contributed by atoms with Gasteiger partial charge in [0.15, 0.2) is 17.1 Å². The molecule has 0 aliphatic heterocycles. The van der Waals surface area contributed by atoms with E-state index in [1.165, 1.54) is 10.8 Å². The summed E-state index contributed by atoms with van der Waals surface area (Å²) in [6.45, 7) is 1.86. The molecule has 0 saturated carbocycles. The van der Waals surface area contributed by atoms with Crippen LogP contribution in [0.4, 0.5) is 0 Å². The van der Waals surface area contributed by atoms with E-state index in [0.717, 1.165) is 27.8 Å². The van der Waals surface area contributed by atoms with Crippen molar-refractivity contribution in [3.05, 3.63) is 109 Å². The number of pyridine rings is 1. The van der Waals surface area contributed by atoms with Crippen molar-refractivity contribution in [1.29, 1.82) is 0 Å². The largest absolute Gasteiger partial charge is 0.486 e. The molecular formula is C31H26N6O4.